The normalized spacial score (nSPS) is 18.7. The van der Waals surface area contributed by atoms with Crippen LogP contribution in [0.25, 0.3) is 0 Å². The van der Waals surface area contributed by atoms with Gasteiger partial charge in [0.05, 0.1) is 43.4 Å². The van der Waals surface area contributed by atoms with Gasteiger partial charge < -0.3 is 14.4 Å². The number of methoxy groups -OCH3 is 2. The largest absolute Gasteiger partial charge is 0.497 e. The van der Waals surface area contributed by atoms with Gasteiger partial charge in [0.2, 0.25) is 5.91 Å². The van der Waals surface area contributed by atoms with Gasteiger partial charge in [0, 0.05) is 34.7 Å². The fourth-order valence-corrected chi connectivity index (χ4v) is 5.12. The lowest BCUT2D eigenvalue weighted by Crippen LogP contribution is -2.47. The molecule has 0 spiro atoms. The summed E-state index contributed by atoms with van der Waals surface area (Å²) in [4.78, 5) is 16.9. The summed E-state index contributed by atoms with van der Waals surface area (Å²) in [5, 5.41) is 11.3. The molecule has 2 aliphatic rings. The van der Waals surface area contributed by atoms with Gasteiger partial charge in [-0.25, -0.2) is 0 Å². The van der Waals surface area contributed by atoms with E-state index in [-0.39, 0.29) is 18.2 Å². The first-order valence-corrected chi connectivity index (χ1v) is 10.7. The van der Waals surface area contributed by atoms with E-state index in [2.05, 4.69) is 11.0 Å². The topological polar surface area (TPSA) is 65.8 Å². The predicted octanol–water partition coefficient (Wildman–Crippen LogP) is 4.58. The first kappa shape index (κ1) is 20.5. The average Bonchev–Trinajstić information content (AvgIpc) is 2.78. The quantitative estimate of drug-likeness (QED) is 0.692. The molecule has 0 aromatic heterocycles. The molecule has 1 amide bonds. The first-order chi connectivity index (χ1) is 14.5. The van der Waals surface area contributed by atoms with Crippen molar-refractivity contribution in [3.8, 4) is 17.6 Å². The molecule has 2 aromatic rings. The van der Waals surface area contributed by atoms with Crippen molar-refractivity contribution in [1.82, 2.24) is 4.90 Å². The zero-order chi connectivity index (χ0) is 21.3. The van der Waals surface area contributed by atoms with E-state index < -0.39 is 0 Å². The van der Waals surface area contributed by atoms with Crippen LogP contribution >= 0.6 is 23.4 Å². The Hall–Kier alpha value is -2.82. The van der Waals surface area contributed by atoms with Crippen molar-refractivity contribution in [2.75, 3.05) is 31.7 Å². The van der Waals surface area contributed by atoms with Crippen molar-refractivity contribution in [3.63, 3.8) is 0 Å². The molecule has 0 unspecified atom stereocenters. The molecule has 2 heterocycles. The number of ether oxygens (including phenoxy) is 2. The van der Waals surface area contributed by atoms with Crippen LogP contribution in [0.5, 0.6) is 11.5 Å². The van der Waals surface area contributed by atoms with E-state index in [4.69, 9.17) is 21.1 Å². The molecule has 4 rings (SSSR count). The monoisotopic (exact) mass is 441 g/mol. The van der Waals surface area contributed by atoms with E-state index in [9.17, 15) is 10.1 Å². The van der Waals surface area contributed by atoms with Crippen LogP contribution < -0.4 is 14.4 Å². The average molecular weight is 442 g/mol. The third kappa shape index (κ3) is 3.69. The summed E-state index contributed by atoms with van der Waals surface area (Å²) in [5.74, 6) is 1.52. The molecule has 1 fully saturated rings. The minimum Gasteiger partial charge on any atom is -0.497 e. The van der Waals surface area contributed by atoms with Gasteiger partial charge in [-0.05, 0) is 24.3 Å². The van der Waals surface area contributed by atoms with Crippen LogP contribution in [0.15, 0.2) is 53.1 Å². The summed E-state index contributed by atoms with van der Waals surface area (Å²) >= 11 is 7.62. The number of allylic oxidation sites excluding steroid dienone is 1. The van der Waals surface area contributed by atoms with Crippen molar-refractivity contribution < 1.29 is 14.3 Å². The number of fused-ring (bicyclic) bond motifs is 1. The van der Waals surface area contributed by atoms with E-state index in [1.165, 1.54) is 11.8 Å². The van der Waals surface area contributed by atoms with E-state index in [0.29, 0.717) is 34.6 Å². The summed E-state index contributed by atoms with van der Waals surface area (Å²) in [5.41, 5.74) is 2.35. The summed E-state index contributed by atoms with van der Waals surface area (Å²) < 4.78 is 10.8. The molecular formula is C22H20ClN3O3S. The number of carbonyl (C=O) groups is 1. The molecule has 0 N–H and O–H groups in total. The van der Waals surface area contributed by atoms with Crippen LogP contribution in [0.1, 0.15) is 17.9 Å². The lowest BCUT2D eigenvalue weighted by Gasteiger charge is -2.42. The highest BCUT2D eigenvalue weighted by Crippen LogP contribution is 2.45. The Balaban J connectivity index is 1.69. The van der Waals surface area contributed by atoms with Gasteiger partial charge in [-0.1, -0.05) is 35.5 Å². The summed E-state index contributed by atoms with van der Waals surface area (Å²) in [7, 11) is 3.16. The van der Waals surface area contributed by atoms with Gasteiger partial charge in [0.15, 0.2) is 0 Å². The van der Waals surface area contributed by atoms with Crippen LogP contribution in [0.2, 0.25) is 5.02 Å². The maximum absolute atomic E-state index is 13.1. The van der Waals surface area contributed by atoms with Gasteiger partial charge in [-0.15, -0.1) is 0 Å². The number of hydrogen-bond donors (Lipinski definition) is 0. The number of amides is 1. The highest BCUT2D eigenvalue weighted by Gasteiger charge is 2.39. The molecule has 6 nitrogen and oxygen atoms in total. The molecule has 0 saturated carbocycles. The number of thioether (sulfide) groups is 1. The molecule has 0 radical (unpaired) electrons. The molecule has 0 bridgehead atoms. The Labute approximate surface area is 184 Å². The van der Waals surface area contributed by atoms with Crippen molar-refractivity contribution in [2.45, 2.75) is 12.3 Å². The van der Waals surface area contributed by atoms with Crippen LogP contribution in [-0.4, -0.2) is 37.6 Å². The zero-order valence-corrected chi connectivity index (χ0v) is 18.2. The first-order valence-electron chi connectivity index (χ1n) is 9.35. The number of benzene rings is 2. The van der Waals surface area contributed by atoms with Crippen LogP contribution in [0.4, 0.5) is 5.69 Å². The SMILES string of the molecule is COc1ccc([C@H]2CC(=O)N3CN(c4cccc(Cl)c4)CSC3=C2C#N)c(OC)c1. The van der Waals surface area contributed by atoms with Gasteiger partial charge in [0.1, 0.15) is 11.5 Å². The predicted molar refractivity (Wildman–Crippen MR) is 118 cm³/mol. The van der Waals surface area contributed by atoms with Gasteiger partial charge in [-0.2, -0.15) is 5.26 Å². The number of nitriles is 1. The van der Waals surface area contributed by atoms with Crippen molar-refractivity contribution in [1.29, 1.82) is 5.26 Å². The van der Waals surface area contributed by atoms with E-state index in [0.717, 1.165) is 16.3 Å². The zero-order valence-electron chi connectivity index (χ0n) is 16.6. The Morgan fingerprint density at radius 2 is 2.03 bits per heavy atom. The van der Waals surface area contributed by atoms with Gasteiger partial charge in [-0.3, -0.25) is 9.69 Å². The fourth-order valence-electron chi connectivity index (χ4n) is 3.77. The minimum absolute atomic E-state index is 0.0221. The summed E-state index contributed by atoms with van der Waals surface area (Å²) in [6.07, 6.45) is 0.207. The fraction of sp³-hybridized carbons (Fsp3) is 0.273. The third-order valence-electron chi connectivity index (χ3n) is 5.28. The number of nitrogens with zero attached hydrogens (tertiary/aromatic N) is 3. The smallest absolute Gasteiger partial charge is 0.229 e. The van der Waals surface area contributed by atoms with Crippen LogP contribution in [0, 0.1) is 11.3 Å². The maximum Gasteiger partial charge on any atom is 0.229 e. The standard InChI is InChI=1S/C22H20ClN3O3S/c1-28-16-6-7-17(20(9-16)29-2)18-10-21(27)26-12-25(13-30-22(26)19(18)11-24)15-5-3-4-14(23)8-15/h3-9,18H,10,12-13H2,1-2H3/t18-/m1/s1. The van der Waals surface area contributed by atoms with Crippen molar-refractivity contribution >= 4 is 35.0 Å². The maximum atomic E-state index is 13.1. The second-order valence-electron chi connectivity index (χ2n) is 6.95. The number of hydrogen-bond acceptors (Lipinski definition) is 6. The van der Waals surface area contributed by atoms with Crippen LogP contribution in [0.3, 0.4) is 0 Å². The van der Waals surface area contributed by atoms with Gasteiger partial charge >= 0.3 is 0 Å². The summed E-state index contributed by atoms with van der Waals surface area (Å²) in [6, 6.07) is 15.4. The lowest BCUT2D eigenvalue weighted by atomic mass is 9.86. The minimum atomic E-state index is -0.347. The highest BCUT2D eigenvalue weighted by molar-refractivity contribution is 8.03. The number of anilines is 1. The molecule has 1 saturated heterocycles. The highest BCUT2D eigenvalue weighted by atomic mass is 35.5. The Morgan fingerprint density at radius 1 is 1.20 bits per heavy atom. The third-order valence-corrected chi connectivity index (χ3v) is 6.67. The Kier molecular flexibility index (Phi) is 5.80. The molecule has 2 aliphatic heterocycles. The number of halogens is 1. The van der Waals surface area contributed by atoms with E-state index in [1.807, 2.05) is 36.4 Å². The molecule has 1 atom stereocenters. The van der Waals surface area contributed by atoms with Crippen molar-refractivity contribution in [2.24, 2.45) is 0 Å². The van der Waals surface area contributed by atoms with E-state index in [1.54, 1.807) is 25.2 Å². The van der Waals surface area contributed by atoms with Gasteiger partial charge in [0.25, 0.3) is 0 Å². The second kappa shape index (κ2) is 8.50. The molecular weight excluding hydrogens is 422 g/mol. The van der Waals surface area contributed by atoms with Crippen LogP contribution in [-0.2, 0) is 4.79 Å². The summed E-state index contributed by atoms with van der Waals surface area (Å²) in [6.45, 7) is 0.388. The lowest BCUT2D eigenvalue weighted by molar-refractivity contribution is -0.129. The Morgan fingerprint density at radius 3 is 2.73 bits per heavy atom. The number of carbonyl (C=O) groups excluding carboxylic acids is 1. The molecule has 0 aliphatic carbocycles. The van der Waals surface area contributed by atoms with Crippen molar-refractivity contribution in [3.05, 3.63) is 63.7 Å². The second-order valence-corrected chi connectivity index (χ2v) is 8.32. The molecule has 2 aromatic carbocycles. The molecule has 30 heavy (non-hydrogen) atoms. The number of rotatable bonds is 4. The molecule has 154 valence electrons. The Bertz CT molecular complexity index is 1070. The van der Waals surface area contributed by atoms with E-state index >= 15 is 0 Å². The molecule has 8 heteroatoms.